The number of amides is 2. The normalized spacial score (nSPS) is 16.1. The van der Waals surface area contributed by atoms with Gasteiger partial charge in [0.15, 0.2) is 0 Å². The Morgan fingerprint density at radius 3 is 2.76 bits per heavy atom. The number of para-hydroxylation sites is 1. The first-order chi connectivity index (χ1) is 14.2. The number of rotatable bonds is 6. The molecule has 2 N–H and O–H groups in total. The van der Waals surface area contributed by atoms with Gasteiger partial charge < -0.3 is 15.0 Å². The maximum absolute atomic E-state index is 12.7. The van der Waals surface area contributed by atoms with E-state index >= 15 is 0 Å². The minimum absolute atomic E-state index is 0.112. The Kier molecular flexibility index (Phi) is 5.79. The van der Waals surface area contributed by atoms with E-state index in [0.717, 1.165) is 23.9 Å². The van der Waals surface area contributed by atoms with Gasteiger partial charge in [0.05, 0.1) is 0 Å². The molecule has 4 rings (SSSR count). The van der Waals surface area contributed by atoms with Crippen LogP contribution in [0.3, 0.4) is 0 Å². The van der Waals surface area contributed by atoms with Gasteiger partial charge in [0.1, 0.15) is 12.6 Å². The minimum atomic E-state index is -0.457. The second-order valence-electron chi connectivity index (χ2n) is 7.29. The van der Waals surface area contributed by atoms with Gasteiger partial charge in [-0.25, -0.2) is 4.79 Å². The van der Waals surface area contributed by atoms with Gasteiger partial charge >= 0.3 is 6.09 Å². The number of nitrogens with zero attached hydrogens (tertiary/aromatic N) is 1. The predicted molar refractivity (Wildman–Crippen MR) is 111 cm³/mol. The molecule has 1 aromatic heterocycles. The van der Waals surface area contributed by atoms with E-state index < -0.39 is 12.1 Å². The highest BCUT2D eigenvalue weighted by Gasteiger charge is 2.34. The van der Waals surface area contributed by atoms with Crippen molar-refractivity contribution in [1.82, 2.24) is 15.2 Å². The van der Waals surface area contributed by atoms with Crippen LogP contribution in [-0.2, 0) is 22.6 Å². The van der Waals surface area contributed by atoms with Gasteiger partial charge in [0.2, 0.25) is 5.91 Å². The lowest BCUT2D eigenvalue weighted by molar-refractivity contribution is -0.125. The summed E-state index contributed by atoms with van der Waals surface area (Å²) in [6.45, 7) is 1.29. The van der Waals surface area contributed by atoms with Crippen LogP contribution in [0.4, 0.5) is 4.79 Å². The van der Waals surface area contributed by atoms with Crippen LogP contribution in [0.25, 0.3) is 10.9 Å². The van der Waals surface area contributed by atoms with E-state index in [1.54, 1.807) is 4.90 Å². The molecular formula is C23H25N3O3. The molecule has 3 aromatic rings. The maximum Gasteiger partial charge on any atom is 0.410 e. The van der Waals surface area contributed by atoms with Gasteiger partial charge in [-0.3, -0.25) is 9.69 Å². The van der Waals surface area contributed by atoms with Crippen LogP contribution in [0.1, 0.15) is 24.0 Å². The average Bonchev–Trinajstić information content (AvgIpc) is 3.40. The van der Waals surface area contributed by atoms with Crippen molar-refractivity contribution in [3.63, 3.8) is 0 Å². The SMILES string of the molecule is O=C(NCCc1c[nH]c2ccccc12)C1CCCN1C(=O)OCc1ccccc1. The molecular weight excluding hydrogens is 366 g/mol. The summed E-state index contributed by atoms with van der Waals surface area (Å²) < 4.78 is 5.41. The first-order valence-electron chi connectivity index (χ1n) is 10.0. The molecule has 29 heavy (non-hydrogen) atoms. The van der Waals surface area contributed by atoms with Gasteiger partial charge in [0, 0.05) is 30.2 Å². The Balaban J connectivity index is 1.28. The lowest BCUT2D eigenvalue weighted by Gasteiger charge is -2.23. The highest BCUT2D eigenvalue weighted by atomic mass is 16.6. The molecule has 2 amide bonds. The molecule has 1 atom stereocenters. The molecule has 0 spiro atoms. The number of aromatic amines is 1. The van der Waals surface area contributed by atoms with E-state index in [2.05, 4.69) is 16.4 Å². The van der Waals surface area contributed by atoms with Gasteiger partial charge in [-0.1, -0.05) is 48.5 Å². The summed E-state index contributed by atoms with van der Waals surface area (Å²) in [5.41, 5.74) is 3.20. The number of nitrogens with one attached hydrogen (secondary N) is 2. The highest BCUT2D eigenvalue weighted by molar-refractivity contribution is 5.86. The van der Waals surface area contributed by atoms with Gasteiger partial charge in [0.25, 0.3) is 0 Å². The molecule has 6 heteroatoms. The lowest BCUT2D eigenvalue weighted by atomic mass is 10.1. The number of carbonyl (C=O) groups excluding carboxylic acids is 2. The van der Waals surface area contributed by atoms with Crippen molar-refractivity contribution in [3.05, 3.63) is 71.9 Å². The topological polar surface area (TPSA) is 74.4 Å². The van der Waals surface area contributed by atoms with Gasteiger partial charge in [-0.2, -0.15) is 0 Å². The fraction of sp³-hybridized carbons (Fsp3) is 0.304. The van der Waals surface area contributed by atoms with Crippen LogP contribution in [0.15, 0.2) is 60.8 Å². The molecule has 0 aliphatic carbocycles. The summed E-state index contributed by atoms with van der Waals surface area (Å²) in [6, 6.07) is 17.2. The Morgan fingerprint density at radius 1 is 1.10 bits per heavy atom. The second kappa shape index (κ2) is 8.82. The first kappa shape index (κ1) is 19.1. The summed E-state index contributed by atoms with van der Waals surface area (Å²) in [4.78, 5) is 29.9. The third-order valence-corrected chi connectivity index (χ3v) is 5.36. The summed E-state index contributed by atoms with van der Waals surface area (Å²) in [5, 5.41) is 4.16. The van der Waals surface area contributed by atoms with Crippen molar-refractivity contribution in [2.75, 3.05) is 13.1 Å². The fourth-order valence-corrected chi connectivity index (χ4v) is 3.84. The van der Waals surface area contributed by atoms with Gasteiger partial charge in [-0.15, -0.1) is 0 Å². The number of hydrogen-bond donors (Lipinski definition) is 2. The molecule has 0 bridgehead atoms. The number of H-pyrrole nitrogens is 1. The molecule has 1 unspecified atom stereocenters. The van der Waals surface area contributed by atoms with Crippen LogP contribution in [-0.4, -0.2) is 41.0 Å². The molecule has 0 saturated carbocycles. The third-order valence-electron chi connectivity index (χ3n) is 5.36. The van der Waals surface area contributed by atoms with E-state index in [-0.39, 0.29) is 12.5 Å². The Bertz CT molecular complexity index is 983. The van der Waals surface area contributed by atoms with Crippen LogP contribution in [0, 0.1) is 0 Å². The van der Waals surface area contributed by atoms with Crippen molar-refractivity contribution in [2.24, 2.45) is 0 Å². The number of aromatic nitrogens is 1. The van der Waals surface area contributed by atoms with Crippen molar-refractivity contribution < 1.29 is 14.3 Å². The number of ether oxygens (including phenoxy) is 1. The van der Waals surface area contributed by atoms with E-state index in [1.807, 2.05) is 54.7 Å². The zero-order valence-electron chi connectivity index (χ0n) is 16.3. The van der Waals surface area contributed by atoms with Crippen molar-refractivity contribution in [1.29, 1.82) is 0 Å². The number of hydrogen-bond acceptors (Lipinski definition) is 3. The summed E-state index contributed by atoms with van der Waals surface area (Å²) in [7, 11) is 0. The zero-order valence-corrected chi connectivity index (χ0v) is 16.3. The zero-order chi connectivity index (χ0) is 20.1. The lowest BCUT2D eigenvalue weighted by Crippen LogP contribution is -2.46. The smallest absolute Gasteiger partial charge is 0.410 e. The standard InChI is InChI=1S/C23H25N3O3/c27-22(24-13-12-18-15-25-20-10-5-4-9-19(18)20)21-11-6-14-26(21)23(28)29-16-17-7-2-1-3-8-17/h1-5,7-10,15,21,25H,6,11-14,16H2,(H,24,27). The van der Waals surface area contributed by atoms with E-state index in [9.17, 15) is 9.59 Å². The number of fused-ring (bicyclic) bond motifs is 1. The number of carbonyl (C=O) groups is 2. The van der Waals surface area contributed by atoms with E-state index in [1.165, 1.54) is 10.9 Å². The number of benzene rings is 2. The Morgan fingerprint density at radius 2 is 1.90 bits per heavy atom. The van der Waals surface area contributed by atoms with Crippen molar-refractivity contribution in [2.45, 2.75) is 31.9 Å². The molecule has 1 fully saturated rings. The quantitative estimate of drug-likeness (QED) is 0.674. The fourth-order valence-electron chi connectivity index (χ4n) is 3.84. The van der Waals surface area contributed by atoms with Crippen molar-refractivity contribution >= 4 is 22.9 Å². The first-order valence-corrected chi connectivity index (χ1v) is 10.0. The largest absolute Gasteiger partial charge is 0.445 e. The molecule has 2 heterocycles. The molecule has 2 aromatic carbocycles. The minimum Gasteiger partial charge on any atom is -0.445 e. The van der Waals surface area contributed by atoms with Gasteiger partial charge in [-0.05, 0) is 36.5 Å². The Labute approximate surface area is 169 Å². The maximum atomic E-state index is 12.7. The van der Waals surface area contributed by atoms with Crippen LogP contribution in [0.5, 0.6) is 0 Å². The summed E-state index contributed by atoms with van der Waals surface area (Å²) >= 11 is 0. The molecule has 1 aliphatic heterocycles. The molecule has 6 nitrogen and oxygen atoms in total. The number of likely N-dealkylation sites (tertiary alicyclic amines) is 1. The Hall–Kier alpha value is -3.28. The third kappa shape index (κ3) is 4.42. The molecule has 1 saturated heterocycles. The molecule has 0 radical (unpaired) electrons. The second-order valence-corrected chi connectivity index (χ2v) is 7.29. The summed E-state index contributed by atoms with van der Waals surface area (Å²) in [5.74, 6) is -0.112. The van der Waals surface area contributed by atoms with Crippen LogP contribution >= 0.6 is 0 Å². The van der Waals surface area contributed by atoms with E-state index in [0.29, 0.717) is 19.5 Å². The van der Waals surface area contributed by atoms with Crippen molar-refractivity contribution in [3.8, 4) is 0 Å². The molecule has 150 valence electrons. The van der Waals surface area contributed by atoms with E-state index in [4.69, 9.17) is 4.74 Å². The monoisotopic (exact) mass is 391 g/mol. The predicted octanol–water partition coefficient (Wildman–Crippen LogP) is 3.63. The molecule has 1 aliphatic rings. The highest BCUT2D eigenvalue weighted by Crippen LogP contribution is 2.20. The summed E-state index contributed by atoms with van der Waals surface area (Å²) in [6.07, 6.45) is 3.77. The van der Waals surface area contributed by atoms with Crippen LogP contribution < -0.4 is 5.32 Å². The van der Waals surface area contributed by atoms with Crippen LogP contribution in [0.2, 0.25) is 0 Å². The average molecular weight is 391 g/mol.